The largest absolute Gasteiger partial charge is 0.508 e. The number of methoxy groups -OCH3 is 1. The third-order valence-electron chi connectivity index (χ3n) is 6.94. The molecule has 4 aliphatic carbocycles. The van der Waals surface area contributed by atoms with Gasteiger partial charge >= 0.3 is 5.97 Å². The third kappa shape index (κ3) is 2.91. The molecule has 1 amide bonds. The van der Waals surface area contributed by atoms with E-state index in [9.17, 15) is 14.7 Å². The number of anilines is 1. The van der Waals surface area contributed by atoms with Crippen LogP contribution in [0.5, 0.6) is 5.75 Å². The lowest BCUT2D eigenvalue weighted by Crippen LogP contribution is -2.66. The average molecular weight is 371 g/mol. The van der Waals surface area contributed by atoms with Gasteiger partial charge in [-0.2, -0.15) is 0 Å². The first kappa shape index (κ1) is 18.3. The highest BCUT2D eigenvalue weighted by Crippen LogP contribution is 2.64. The molecule has 4 fully saturated rings. The van der Waals surface area contributed by atoms with E-state index in [0.29, 0.717) is 24.7 Å². The molecule has 5 rings (SSSR count). The molecular weight excluding hydrogens is 342 g/mol. The smallest absolute Gasteiger partial charge is 0.311 e. The van der Waals surface area contributed by atoms with Crippen LogP contribution in [0.15, 0.2) is 24.3 Å². The molecule has 0 aromatic heterocycles. The lowest BCUT2D eigenvalue weighted by atomic mass is 9.46. The van der Waals surface area contributed by atoms with E-state index < -0.39 is 5.41 Å². The number of carbonyl (C=O) groups excluding carboxylic acids is 2. The van der Waals surface area contributed by atoms with Crippen molar-refractivity contribution in [1.82, 2.24) is 0 Å². The zero-order valence-electron chi connectivity index (χ0n) is 16.2. The maximum absolute atomic E-state index is 13.2. The van der Waals surface area contributed by atoms with Gasteiger partial charge in [-0.15, -0.1) is 0 Å². The van der Waals surface area contributed by atoms with Gasteiger partial charge in [0.05, 0.1) is 12.5 Å². The summed E-state index contributed by atoms with van der Waals surface area (Å²) < 4.78 is 5.21. The molecule has 0 saturated heterocycles. The van der Waals surface area contributed by atoms with Crippen LogP contribution in [-0.2, 0) is 14.3 Å². The number of nitrogens with zero attached hydrogens (tertiary/aromatic N) is 1. The van der Waals surface area contributed by atoms with Gasteiger partial charge in [-0.3, -0.25) is 9.59 Å². The van der Waals surface area contributed by atoms with E-state index >= 15 is 0 Å². The molecule has 1 aromatic carbocycles. The minimum absolute atomic E-state index is 0.102. The average Bonchev–Trinajstić information content (AvgIpc) is 2.62. The Hall–Kier alpha value is -2.04. The highest BCUT2D eigenvalue weighted by atomic mass is 16.5. The van der Waals surface area contributed by atoms with Crippen LogP contribution in [0.1, 0.15) is 58.3 Å². The Labute approximate surface area is 160 Å². The third-order valence-corrected chi connectivity index (χ3v) is 6.94. The van der Waals surface area contributed by atoms with Crippen LogP contribution in [0.4, 0.5) is 5.69 Å². The second kappa shape index (κ2) is 6.54. The lowest BCUT2D eigenvalue weighted by molar-refractivity contribution is -0.171. The zero-order valence-corrected chi connectivity index (χ0v) is 16.2. The first-order chi connectivity index (χ1) is 12.9. The highest BCUT2D eigenvalue weighted by molar-refractivity contribution is 5.95. The number of ether oxygens (including phenoxy) is 1. The quantitative estimate of drug-likeness (QED) is 0.794. The fraction of sp³-hybridized carbons (Fsp3) is 0.636. The monoisotopic (exact) mass is 371 g/mol. The number of hydrogen-bond acceptors (Lipinski definition) is 4. The van der Waals surface area contributed by atoms with Crippen molar-refractivity contribution in [2.24, 2.45) is 17.3 Å². The summed E-state index contributed by atoms with van der Waals surface area (Å²) in [7, 11) is 1.48. The molecule has 4 bridgehead atoms. The number of esters is 1. The second-order valence-electron chi connectivity index (χ2n) is 8.95. The molecular formula is C22H29NO4. The van der Waals surface area contributed by atoms with Gasteiger partial charge < -0.3 is 14.7 Å². The number of phenols is 1. The van der Waals surface area contributed by atoms with Crippen molar-refractivity contribution in [3.05, 3.63) is 24.3 Å². The molecule has 2 unspecified atom stereocenters. The Bertz CT molecular complexity index is 727. The van der Waals surface area contributed by atoms with E-state index in [2.05, 4.69) is 0 Å². The predicted octanol–water partition coefficient (Wildman–Crippen LogP) is 4.04. The van der Waals surface area contributed by atoms with Crippen molar-refractivity contribution in [1.29, 1.82) is 0 Å². The predicted molar refractivity (Wildman–Crippen MR) is 102 cm³/mol. The van der Waals surface area contributed by atoms with Crippen molar-refractivity contribution in [2.75, 3.05) is 12.0 Å². The molecule has 27 heavy (non-hydrogen) atoms. The molecule has 4 aliphatic rings. The van der Waals surface area contributed by atoms with Crippen molar-refractivity contribution in [3.63, 3.8) is 0 Å². The summed E-state index contributed by atoms with van der Waals surface area (Å²) in [6.07, 6.45) is 6.83. The number of hydrogen-bond donors (Lipinski definition) is 1. The zero-order chi connectivity index (χ0) is 19.2. The summed E-state index contributed by atoms with van der Waals surface area (Å²) in [6, 6.07) is 6.93. The SMILES string of the molecule is CCCC(=O)N(c1ccc(O)cc1)C12CC3CC(CC(C(=O)OC)(C3)C1)C2. The van der Waals surface area contributed by atoms with Crippen LogP contribution in [0.2, 0.25) is 0 Å². The molecule has 1 aromatic rings. The molecule has 2 atom stereocenters. The van der Waals surface area contributed by atoms with Gasteiger partial charge in [0.1, 0.15) is 5.75 Å². The number of carbonyl (C=O) groups is 2. The van der Waals surface area contributed by atoms with Gasteiger partial charge in [-0.1, -0.05) is 6.92 Å². The van der Waals surface area contributed by atoms with Gasteiger partial charge in [-0.05, 0) is 81.0 Å². The Morgan fingerprint density at radius 2 is 1.78 bits per heavy atom. The van der Waals surface area contributed by atoms with E-state index in [1.165, 1.54) is 7.11 Å². The molecule has 4 saturated carbocycles. The minimum Gasteiger partial charge on any atom is -0.508 e. The van der Waals surface area contributed by atoms with Gasteiger partial charge in [0.2, 0.25) is 5.91 Å². The van der Waals surface area contributed by atoms with E-state index in [4.69, 9.17) is 4.74 Å². The Balaban J connectivity index is 1.78. The summed E-state index contributed by atoms with van der Waals surface area (Å²) in [5, 5.41) is 9.70. The van der Waals surface area contributed by atoms with Gasteiger partial charge in [0, 0.05) is 17.6 Å². The minimum atomic E-state index is -0.444. The summed E-state index contributed by atoms with van der Waals surface area (Å²) in [5.74, 6) is 1.15. The standard InChI is InChI=1S/C22H29NO4/c1-3-4-19(25)23(17-5-7-18(24)8-6-17)22-12-15-9-16(13-22)11-21(10-15,14-22)20(26)27-2/h5-8,15-16,24H,3-4,9-14H2,1-2H3. The first-order valence-electron chi connectivity index (χ1n) is 10.1. The highest BCUT2D eigenvalue weighted by Gasteiger charge is 2.63. The molecule has 0 aliphatic heterocycles. The number of benzene rings is 1. The van der Waals surface area contributed by atoms with E-state index in [1.54, 1.807) is 12.1 Å². The number of rotatable bonds is 5. The summed E-state index contributed by atoms with van der Waals surface area (Å²) in [5.41, 5.74) is 0.0651. The van der Waals surface area contributed by atoms with E-state index in [1.807, 2.05) is 24.0 Å². The summed E-state index contributed by atoms with van der Waals surface area (Å²) >= 11 is 0. The van der Waals surface area contributed by atoms with Gasteiger partial charge in [0.25, 0.3) is 0 Å². The topological polar surface area (TPSA) is 66.8 Å². The van der Waals surface area contributed by atoms with Crippen LogP contribution in [0.25, 0.3) is 0 Å². The van der Waals surface area contributed by atoms with Crippen LogP contribution >= 0.6 is 0 Å². The maximum atomic E-state index is 13.2. The first-order valence-corrected chi connectivity index (χ1v) is 10.1. The molecule has 0 heterocycles. The lowest BCUT2D eigenvalue weighted by Gasteiger charge is -2.63. The second-order valence-corrected chi connectivity index (χ2v) is 8.95. The van der Waals surface area contributed by atoms with Crippen LogP contribution in [0.3, 0.4) is 0 Å². The Morgan fingerprint density at radius 1 is 1.15 bits per heavy atom. The molecule has 0 radical (unpaired) electrons. The number of amides is 1. The fourth-order valence-corrected chi connectivity index (χ4v) is 6.54. The van der Waals surface area contributed by atoms with Crippen LogP contribution in [0, 0.1) is 17.3 Å². The van der Waals surface area contributed by atoms with Crippen molar-refractivity contribution >= 4 is 17.6 Å². The van der Waals surface area contributed by atoms with Crippen molar-refractivity contribution in [3.8, 4) is 5.75 Å². The van der Waals surface area contributed by atoms with E-state index in [-0.39, 0.29) is 23.2 Å². The van der Waals surface area contributed by atoms with Crippen LogP contribution in [-0.4, -0.2) is 29.6 Å². The fourth-order valence-electron chi connectivity index (χ4n) is 6.54. The van der Waals surface area contributed by atoms with Crippen molar-refractivity contribution < 1.29 is 19.4 Å². The summed E-state index contributed by atoms with van der Waals surface area (Å²) in [6.45, 7) is 2.02. The summed E-state index contributed by atoms with van der Waals surface area (Å²) in [4.78, 5) is 28.0. The number of phenolic OH excluding ortho intramolecular Hbond substituents is 1. The molecule has 5 heteroatoms. The van der Waals surface area contributed by atoms with Gasteiger partial charge in [0.15, 0.2) is 0 Å². The molecule has 0 spiro atoms. The maximum Gasteiger partial charge on any atom is 0.311 e. The molecule has 1 N–H and O–H groups in total. The van der Waals surface area contributed by atoms with Gasteiger partial charge in [-0.25, -0.2) is 0 Å². The van der Waals surface area contributed by atoms with Crippen molar-refractivity contribution in [2.45, 2.75) is 63.8 Å². The van der Waals surface area contributed by atoms with E-state index in [0.717, 1.165) is 44.2 Å². The van der Waals surface area contributed by atoms with Crippen LogP contribution < -0.4 is 4.90 Å². The molecule has 146 valence electrons. The normalized spacial score (nSPS) is 33.7. The Kier molecular flexibility index (Phi) is 4.44. The Morgan fingerprint density at radius 3 is 2.33 bits per heavy atom. The number of aromatic hydroxyl groups is 1. The molecule has 5 nitrogen and oxygen atoms in total.